The van der Waals surface area contributed by atoms with Crippen LogP contribution in [-0.4, -0.2) is 20.1 Å². The van der Waals surface area contributed by atoms with Gasteiger partial charge in [0.25, 0.3) is 0 Å². The Kier molecular flexibility index (Phi) is 9.73. The minimum atomic E-state index is -3.70. The van der Waals surface area contributed by atoms with Crippen LogP contribution in [0.4, 0.5) is 0 Å². The van der Waals surface area contributed by atoms with Crippen molar-refractivity contribution in [3.8, 4) is 5.75 Å². The van der Waals surface area contributed by atoms with Gasteiger partial charge in [-0.2, -0.15) is 12.8 Å². The van der Waals surface area contributed by atoms with E-state index in [-0.39, 0.29) is 46.9 Å². The summed E-state index contributed by atoms with van der Waals surface area (Å²) in [5, 5.41) is 13.0. The first-order valence-electron chi connectivity index (χ1n) is 5.12. The second-order valence-corrected chi connectivity index (χ2v) is 6.48. The van der Waals surface area contributed by atoms with Crippen LogP contribution in [0.2, 0.25) is 0 Å². The zero-order valence-electron chi connectivity index (χ0n) is 11.2. The second kappa shape index (κ2) is 9.50. The minimum Gasteiger partial charge on any atom is -0.691 e. The van der Waals surface area contributed by atoms with Gasteiger partial charge in [0.2, 0.25) is 0 Å². The van der Waals surface area contributed by atoms with E-state index in [1.165, 1.54) is 0 Å². The average molecular weight is 351 g/mol. The summed E-state index contributed by atoms with van der Waals surface area (Å²) in [6.07, 6.45) is 0. The molecule has 6 nitrogen and oxygen atoms in total. The van der Waals surface area contributed by atoms with Crippen LogP contribution in [0.5, 0.6) is 5.75 Å². The Morgan fingerprint density at radius 2 is 1.85 bits per heavy atom. The van der Waals surface area contributed by atoms with E-state index in [2.05, 4.69) is 9.37 Å². The van der Waals surface area contributed by atoms with Crippen molar-refractivity contribution in [2.24, 2.45) is 0 Å². The van der Waals surface area contributed by atoms with Gasteiger partial charge in [-0.25, -0.2) is 0 Å². The van der Waals surface area contributed by atoms with E-state index < -0.39 is 10.1 Å². The summed E-state index contributed by atoms with van der Waals surface area (Å²) in [5.74, 6) is -0.0578. The third-order valence-electron chi connectivity index (χ3n) is 2.13. The fraction of sp³-hybridized carbons (Fsp3) is 0.400. The van der Waals surface area contributed by atoms with Crippen LogP contribution in [0, 0.1) is 13.8 Å². The molecule has 0 aliphatic heterocycles. The zero-order valence-corrected chi connectivity index (χ0v) is 15.6. The van der Waals surface area contributed by atoms with Crippen molar-refractivity contribution in [1.82, 2.24) is 0 Å². The standard InChI is InChI=1S/C10H13ClO6S2.Na/c1-7-5-9(18-17-16-12)6-8(2)10(7)15-19(13,14)4-3-11;/h5-6,12H,3-4H2,1-2H3;/q;+1/p-1. The molecule has 108 valence electrons. The summed E-state index contributed by atoms with van der Waals surface area (Å²) in [7, 11) is -3.70. The first-order valence-corrected chi connectivity index (χ1v) is 7.97. The third-order valence-corrected chi connectivity index (χ3v) is 4.22. The molecule has 0 saturated heterocycles. The summed E-state index contributed by atoms with van der Waals surface area (Å²) < 4.78 is 32.3. The van der Waals surface area contributed by atoms with Gasteiger partial charge in [-0.3, -0.25) is 5.04 Å². The van der Waals surface area contributed by atoms with Gasteiger partial charge in [-0.05, 0) is 37.1 Å². The Morgan fingerprint density at radius 1 is 1.30 bits per heavy atom. The molecule has 1 rings (SSSR count). The molecule has 0 aliphatic rings. The Bertz CT molecular complexity index is 514. The Balaban J connectivity index is 0.00000361. The van der Waals surface area contributed by atoms with Crippen LogP contribution in [0.1, 0.15) is 11.1 Å². The van der Waals surface area contributed by atoms with E-state index in [1.54, 1.807) is 26.0 Å². The molecule has 0 spiro atoms. The molecule has 0 amide bonds. The summed E-state index contributed by atoms with van der Waals surface area (Å²) >= 11 is 6.12. The SMILES string of the molecule is Cc1cc(SOO[O-])cc(C)c1OS(=O)(=O)CCCl.[Na+]. The molecule has 0 aromatic heterocycles. The first-order chi connectivity index (χ1) is 8.89. The fourth-order valence-corrected chi connectivity index (χ4v) is 3.32. The van der Waals surface area contributed by atoms with Crippen LogP contribution in [0.15, 0.2) is 17.0 Å². The molecule has 0 saturated carbocycles. The van der Waals surface area contributed by atoms with E-state index in [9.17, 15) is 13.7 Å². The molecule has 0 radical (unpaired) electrons. The quantitative estimate of drug-likeness (QED) is 0.147. The number of halogens is 1. The molecular weight excluding hydrogens is 339 g/mol. The summed E-state index contributed by atoms with van der Waals surface area (Å²) in [6, 6.07) is 3.23. The second-order valence-electron chi connectivity index (χ2n) is 3.64. The number of hydrogen-bond acceptors (Lipinski definition) is 7. The van der Waals surface area contributed by atoms with Gasteiger partial charge in [-0.1, -0.05) is 0 Å². The average Bonchev–Trinajstić information content (AvgIpc) is 2.31. The normalized spacial score (nSPS) is 11.0. The van der Waals surface area contributed by atoms with E-state index in [0.29, 0.717) is 16.0 Å². The first kappa shape index (κ1) is 20.5. The van der Waals surface area contributed by atoms with Crippen LogP contribution in [0.25, 0.3) is 0 Å². The molecule has 0 unspecified atom stereocenters. The molecule has 1 aromatic rings. The molecule has 10 heteroatoms. The summed E-state index contributed by atoms with van der Waals surface area (Å²) in [4.78, 5) is 0.591. The molecule has 0 fully saturated rings. The van der Waals surface area contributed by atoms with Crippen LogP contribution in [-0.2, 0) is 19.5 Å². The van der Waals surface area contributed by atoms with Crippen molar-refractivity contribution in [3.05, 3.63) is 23.3 Å². The van der Waals surface area contributed by atoms with E-state index in [0.717, 1.165) is 12.0 Å². The van der Waals surface area contributed by atoms with Gasteiger partial charge in [0.05, 0.1) is 17.8 Å². The maximum Gasteiger partial charge on any atom is 1.00 e. The number of hydrogen-bond donors (Lipinski definition) is 0. The van der Waals surface area contributed by atoms with Crippen molar-refractivity contribution in [2.45, 2.75) is 18.7 Å². The van der Waals surface area contributed by atoms with E-state index >= 15 is 0 Å². The molecule has 0 heterocycles. The molecule has 0 atom stereocenters. The molecule has 0 bridgehead atoms. The van der Waals surface area contributed by atoms with Gasteiger partial charge in [-0.15, -0.1) is 11.6 Å². The molecule has 1 aromatic carbocycles. The minimum absolute atomic E-state index is 0. The smallest absolute Gasteiger partial charge is 0.691 e. The summed E-state index contributed by atoms with van der Waals surface area (Å²) in [6.45, 7) is 3.36. The van der Waals surface area contributed by atoms with Gasteiger partial charge >= 0.3 is 39.7 Å². The molecule has 0 N–H and O–H groups in total. The van der Waals surface area contributed by atoms with Gasteiger partial charge in [0.15, 0.2) is 0 Å². The predicted molar refractivity (Wildman–Crippen MR) is 69.1 cm³/mol. The maximum absolute atomic E-state index is 11.6. The van der Waals surface area contributed by atoms with Crippen molar-refractivity contribution >= 4 is 33.8 Å². The van der Waals surface area contributed by atoms with Crippen LogP contribution in [0.3, 0.4) is 0 Å². The monoisotopic (exact) mass is 350 g/mol. The Hall–Kier alpha value is 0.490. The number of aryl methyl sites for hydroxylation is 2. The third kappa shape index (κ3) is 6.50. The van der Waals surface area contributed by atoms with Crippen LogP contribution < -0.4 is 39.0 Å². The summed E-state index contributed by atoms with van der Waals surface area (Å²) in [5.41, 5.74) is 1.19. The molecular formula is C10H12ClNaO6S2. The largest absolute Gasteiger partial charge is 1.00 e. The molecule has 20 heavy (non-hydrogen) atoms. The van der Waals surface area contributed by atoms with Crippen molar-refractivity contribution in [1.29, 1.82) is 0 Å². The van der Waals surface area contributed by atoms with E-state index in [1.807, 2.05) is 0 Å². The van der Waals surface area contributed by atoms with Crippen molar-refractivity contribution < 1.29 is 56.8 Å². The zero-order chi connectivity index (χ0) is 14.5. The Morgan fingerprint density at radius 3 is 2.30 bits per heavy atom. The van der Waals surface area contributed by atoms with Crippen molar-refractivity contribution in [3.63, 3.8) is 0 Å². The van der Waals surface area contributed by atoms with E-state index in [4.69, 9.17) is 15.8 Å². The van der Waals surface area contributed by atoms with Crippen LogP contribution >= 0.6 is 23.6 Å². The molecule has 0 aliphatic carbocycles. The van der Waals surface area contributed by atoms with Gasteiger partial charge < -0.3 is 9.44 Å². The topological polar surface area (TPSA) is 84.9 Å². The van der Waals surface area contributed by atoms with Gasteiger partial charge in [0, 0.05) is 10.8 Å². The fourth-order valence-electron chi connectivity index (χ4n) is 1.41. The van der Waals surface area contributed by atoms with Crippen molar-refractivity contribution in [2.75, 3.05) is 11.6 Å². The Labute approximate surface area is 149 Å². The number of rotatable bonds is 7. The number of alkyl halides is 1. The van der Waals surface area contributed by atoms with Gasteiger partial charge in [0.1, 0.15) is 5.75 Å². The predicted octanol–water partition coefficient (Wildman–Crippen LogP) is -1.51. The number of benzene rings is 1. The maximum atomic E-state index is 11.6.